The fourth-order valence-corrected chi connectivity index (χ4v) is 2.54. The van der Waals surface area contributed by atoms with E-state index in [0.29, 0.717) is 19.6 Å². The van der Waals surface area contributed by atoms with Gasteiger partial charge in [0.05, 0.1) is 5.92 Å². The molecule has 0 aliphatic rings. The van der Waals surface area contributed by atoms with Crippen LogP contribution in [0.5, 0.6) is 0 Å². The van der Waals surface area contributed by atoms with E-state index in [1.54, 1.807) is 0 Å². The number of rotatable bonds is 14. The molecule has 0 radical (unpaired) electrons. The topological polar surface area (TPSA) is 95.3 Å². The van der Waals surface area contributed by atoms with Crippen LogP contribution in [0.4, 0.5) is 0 Å². The van der Waals surface area contributed by atoms with Gasteiger partial charge in [-0.1, -0.05) is 51.6 Å². The minimum Gasteiger partial charge on any atom is -0.481 e. The number of ether oxygens (including phenoxy) is 1. The number of hydrogen-bond acceptors (Lipinski definition) is 3. The SMILES string of the molecule is CC(C)(C)C(CCCCOCCCCCCCN=[N+]=[N-])C(=O)O. The van der Waals surface area contributed by atoms with Gasteiger partial charge in [-0.3, -0.25) is 4.79 Å². The van der Waals surface area contributed by atoms with Crippen molar-refractivity contribution in [3.8, 4) is 0 Å². The molecule has 1 unspecified atom stereocenters. The Morgan fingerprint density at radius 3 is 2.22 bits per heavy atom. The molecule has 1 atom stereocenters. The summed E-state index contributed by atoms with van der Waals surface area (Å²) in [6.45, 7) is 8.03. The minimum atomic E-state index is -0.695. The lowest BCUT2D eigenvalue weighted by molar-refractivity contribution is -0.145. The van der Waals surface area contributed by atoms with Crippen LogP contribution in [0.1, 0.15) is 72.1 Å². The Morgan fingerprint density at radius 2 is 1.65 bits per heavy atom. The highest BCUT2D eigenvalue weighted by molar-refractivity contribution is 5.70. The summed E-state index contributed by atoms with van der Waals surface area (Å²) in [5.41, 5.74) is 7.95. The summed E-state index contributed by atoms with van der Waals surface area (Å²) in [7, 11) is 0. The summed E-state index contributed by atoms with van der Waals surface area (Å²) in [6, 6.07) is 0. The molecule has 0 saturated heterocycles. The zero-order chi connectivity index (χ0) is 17.6. The Balaban J connectivity index is 3.42. The summed E-state index contributed by atoms with van der Waals surface area (Å²) in [4.78, 5) is 14.0. The average molecular weight is 327 g/mol. The molecule has 0 aromatic rings. The van der Waals surface area contributed by atoms with Crippen molar-refractivity contribution in [1.29, 1.82) is 0 Å². The molecule has 0 aromatic heterocycles. The second-order valence-electron chi connectivity index (χ2n) is 7.09. The van der Waals surface area contributed by atoms with Gasteiger partial charge in [0.2, 0.25) is 0 Å². The predicted molar refractivity (Wildman–Crippen MR) is 92.3 cm³/mol. The number of carboxylic acids is 1. The fourth-order valence-electron chi connectivity index (χ4n) is 2.54. The fraction of sp³-hybridized carbons (Fsp3) is 0.941. The summed E-state index contributed by atoms with van der Waals surface area (Å²) >= 11 is 0. The van der Waals surface area contributed by atoms with E-state index >= 15 is 0 Å². The van der Waals surface area contributed by atoms with Crippen LogP contribution in [0.25, 0.3) is 10.4 Å². The maximum Gasteiger partial charge on any atom is 0.307 e. The quantitative estimate of drug-likeness (QED) is 0.206. The molecular formula is C17H33N3O3. The molecule has 0 rings (SSSR count). The van der Waals surface area contributed by atoms with E-state index in [9.17, 15) is 9.90 Å². The molecule has 0 aromatic carbocycles. The summed E-state index contributed by atoms with van der Waals surface area (Å²) in [5.74, 6) is -0.980. The third-order valence-corrected chi connectivity index (χ3v) is 3.98. The molecule has 134 valence electrons. The van der Waals surface area contributed by atoms with Gasteiger partial charge >= 0.3 is 5.97 Å². The summed E-state index contributed by atoms with van der Waals surface area (Å²) in [6.07, 6.45) is 7.94. The van der Waals surface area contributed by atoms with Crippen molar-refractivity contribution >= 4 is 5.97 Å². The third kappa shape index (κ3) is 12.9. The Bertz CT molecular complexity index is 361. The van der Waals surface area contributed by atoms with Crippen molar-refractivity contribution in [1.82, 2.24) is 0 Å². The first-order chi connectivity index (χ1) is 10.9. The van der Waals surface area contributed by atoms with Crippen LogP contribution in [0.3, 0.4) is 0 Å². The third-order valence-electron chi connectivity index (χ3n) is 3.98. The zero-order valence-corrected chi connectivity index (χ0v) is 15.0. The highest BCUT2D eigenvalue weighted by Crippen LogP contribution is 2.30. The van der Waals surface area contributed by atoms with Crippen molar-refractivity contribution in [3.63, 3.8) is 0 Å². The molecule has 0 amide bonds. The lowest BCUT2D eigenvalue weighted by Gasteiger charge is -2.26. The first-order valence-electron chi connectivity index (χ1n) is 8.71. The normalized spacial score (nSPS) is 12.7. The van der Waals surface area contributed by atoms with Gasteiger partial charge in [0, 0.05) is 24.7 Å². The average Bonchev–Trinajstić information content (AvgIpc) is 2.46. The van der Waals surface area contributed by atoms with E-state index in [1.807, 2.05) is 20.8 Å². The number of nitrogens with zero attached hydrogens (tertiary/aromatic N) is 3. The first kappa shape index (κ1) is 21.7. The number of carboxylic acid groups (broad SMARTS) is 1. The van der Waals surface area contributed by atoms with Gasteiger partial charge in [-0.25, -0.2) is 0 Å². The number of carbonyl (C=O) groups is 1. The number of azide groups is 1. The molecule has 0 bridgehead atoms. The van der Waals surface area contributed by atoms with E-state index < -0.39 is 5.97 Å². The summed E-state index contributed by atoms with van der Waals surface area (Å²) in [5, 5.41) is 12.8. The van der Waals surface area contributed by atoms with Gasteiger partial charge in [-0.05, 0) is 36.6 Å². The molecule has 0 saturated carbocycles. The Labute approximate surface area is 140 Å². The maximum absolute atomic E-state index is 11.2. The van der Waals surface area contributed by atoms with Crippen molar-refractivity contribution < 1.29 is 14.6 Å². The summed E-state index contributed by atoms with van der Waals surface area (Å²) < 4.78 is 5.59. The molecule has 6 heteroatoms. The highest BCUT2D eigenvalue weighted by atomic mass is 16.5. The van der Waals surface area contributed by atoms with Crippen LogP contribution < -0.4 is 0 Å². The van der Waals surface area contributed by atoms with Crippen molar-refractivity contribution in [2.45, 2.75) is 72.1 Å². The van der Waals surface area contributed by atoms with Crippen LogP contribution in [0.2, 0.25) is 0 Å². The molecule has 0 aliphatic heterocycles. The van der Waals surface area contributed by atoms with Crippen LogP contribution in [0.15, 0.2) is 5.11 Å². The molecular weight excluding hydrogens is 294 g/mol. The van der Waals surface area contributed by atoms with Crippen LogP contribution in [-0.4, -0.2) is 30.8 Å². The van der Waals surface area contributed by atoms with E-state index in [2.05, 4.69) is 10.0 Å². The van der Waals surface area contributed by atoms with Crippen LogP contribution >= 0.6 is 0 Å². The lowest BCUT2D eigenvalue weighted by Crippen LogP contribution is -2.28. The van der Waals surface area contributed by atoms with Crippen molar-refractivity contribution in [2.24, 2.45) is 16.4 Å². The monoisotopic (exact) mass is 327 g/mol. The van der Waals surface area contributed by atoms with E-state index in [1.165, 1.54) is 0 Å². The van der Waals surface area contributed by atoms with Gasteiger partial charge in [-0.15, -0.1) is 0 Å². The molecule has 0 fully saturated rings. The zero-order valence-electron chi connectivity index (χ0n) is 15.0. The Hall–Kier alpha value is -1.26. The van der Waals surface area contributed by atoms with Crippen molar-refractivity contribution in [2.75, 3.05) is 19.8 Å². The van der Waals surface area contributed by atoms with Crippen molar-refractivity contribution in [3.05, 3.63) is 10.4 Å². The number of hydrogen-bond donors (Lipinski definition) is 1. The molecule has 0 spiro atoms. The second-order valence-corrected chi connectivity index (χ2v) is 7.09. The molecule has 6 nitrogen and oxygen atoms in total. The molecule has 23 heavy (non-hydrogen) atoms. The molecule has 0 aliphatic carbocycles. The van der Waals surface area contributed by atoms with Crippen LogP contribution in [0, 0.1) is 11.3 Å². The van der Waals surface area contributed by atoms with Gasteiger partial charge in [0.25, 0.3) is 0 Å². The number of unbranched alkanes of at least 4 members (excludes halogenated alkanes) is 5. The smallest absolute Gasteiger partial charge is 0.307 e. The highest BCUT2D eigenvalue weighted by Gasteiger charge is 2.30. The second kappa shape index (κ2) is 13.2. The number of aliphatic carboxylic acids is 1. The van der Waals surface area contributed by atoms with Gasteiger partial charge in [-0.2, -0.15) is 0 Å². The van der Waals surface area contributed by atoms with E-state index in [4.69, 9.17) is 10.3 Å². The predicted octanol–water partition coefficient (Wildman–Crippen LogP) is 5.18. The first-order valence-corrected chi connectivity index (χ1v) is 8.71. The van der Waals surface area contributed by atoms with E-state index in [0.717, 1.165) is 51.6 Å². The maximum atomic E-state index is 11.2. The van der Waals surface area contributed by atoms with Gasteiger partial charge < -0.3 is 9.84 Å². The van der Waals surface area contributed by atoms with Crippen LogP contribution in [-0.2, 0) is 9.53 Å². The van der Waals surface area contributed by atoms with Gasteiger partial charge in [0.1, 0.15) is 0 Å². The Kier molecular flexibility index (Phi) is 12.5. The Morgan fingerprint density at radius 1 is 1.09 bits per heavy atom. The molecule has 0 heterocycles. The van der Waals surface area contributed by atoms with Gasteiger partial charge in [0.15, 0.2) is 0 Å². The van der Waals surface area contributed by atoms with E-state index in [-0.39, 0.29) is 11.3 Å². The molecule has 1 N–H and O–H groups in total. The largest absolute Gasteiger partial charge is 0.481 e. The lowest BCUT2D eigenvalue weighted by atomic mass is 9.78. The standard InChI is InChI=1S/C17H33N3O3/c1-17(2,3)15(16(21)22)11-7-10-14-23-13-9-6-4-5-8-12-19-20-18/h15H,4-14H2,1-3H3,(H,21,22). The minimum absolute atomic E-state index is 0.189.